The molecule has 17 nitrogen and oxygen atoms in total. The van der Waals surface area contributed by atoms with Gasteiger partial charge in [-0.05, 0) is 44.9 Å². The summed E-state index contributed by atoms with van der Waals surface area (Å²) >= 11 is 0. The standard InChI is InChI=1S/C25H45NO6.C21H40N2O8.H2/c1-26-23(28)19-18-21(25(31)32)20-22(27)16-14-12-10-8-6-4-2-3-5-7-9-11-13-15-17-24(29)30;1-3-10-28-12-14-30-16-19(24)8-6-11-29-13-15-31-17-20(25)22-9-5-4-7-18(2)21(26)23-27;/h21H,2-20H2,1H3,(H,26,28)(H,29,30)(H,31,32);18,27H,3-17H2,1-2H3,(H,22,25)(H,23,26);1H/t21-;18-;/m10./s1/i/hT. The summed E-state index contributed by atoms with van der Waals surface area (Å²) in [5, 5.41) is 31.8. The van der Waals surface area contributed by atoms with E-state index in [0.29, 0.717) is 84.5 Å². The van der Waals surface area contributed by atoms with Crippen LogP contribution in [0.4, 0.5) is 0 Å². The summed E-state index contributed by atoms with van der Waals surface area (Å²) in [7, 11) is 1.51. The minimum absolute atomic E-state index is 0. The lowest BCUT2D eigenvalue weighted by molar-refractivity contribution is -0.144. The maximum atomic E-state index is 12.0. The Balaban J connectivity index is -0.00000116. The van der Waals surface area contributed by atoms with Crippen molar-refractivity contribution in [1.29, 1.82) is 0 Å². The molecule has 63 heavy (non-hydrogen) atoms. The zero-order valence-corrected chi connectivity index (χ0v) is 39.0. The van der Waals surface area contributed by atoms with Crippen LogP contribution in [0.2, 0.25) is 1.41 Å². The highest BCUT2D eigenvalue weighted by Crippen LogP contribution is 2.17. The number of carboxylic acid groups (broad SMARTS) is 2. The second kappa shape index (κ2) is 46.5. The zero-order chi connectivity index (χ0) is 48.1. The predicted octanol–water partition coefficient (Wildman–Crippen LogP) is 6.98. The lowest BCUT2D eigenvalue weighted by Crippen LogP contribution is -2.29. The van der Waals surface area contributed by atoms with E-state index in [2.05, 4.69) is 10.6 Å². The molecule has 0 aliphatic heterocycles. The summed E-state index contributed by atoms with van der Waals surface area (Å²) < 4.78 is 27.9. The lowest BCUT2D eigenvalue weighted by Gasteiger charge is -2.11. The van der Waals surface area contributed by atoms with Crippen LogP contribution in [-0.2, 0) is 52.5 Å². The van der Waals surface area contributed by atoms with Crippen LogP contribution in [0.25, 0.3) is 0 Å². The number of unbranched alkanes of at least 4 members (excludes halogenated alkanes) is 14. The van der Waals surface area contributed by atoms with Crippen LogP contribution in [0.3, 0.4) is 0 Å². The number of carbonyl (C=O) groups excluding carboxylic acids is 5. The average Bonchev–Trinajstić information content (AvgIpc) is 3.26. The number of amides is 3. The summed E-state index contributed by atoms with van der Waals surface area (Å²) in [5.41, 5.74) is -0.143. The maximum absolute atomic E-state index is 12.0. The first-order valence-electron chi connectivity index (χ1n) is 24.0. The summed E-state index contributed by atoms with van der Waals surface area (Å²) in [4.78, 5) is 79.6. The van der Waals surface area contributed by atoms with Crippen LogP contribution in [0.15, 0.2) is 0 Å². The van der Waals surface area contributed by atoms with Crippen LogP contribution in [0.5, 0.6) is 0 Å². The molecule has 2 atom stereocenters. The molecule has 0 rings (SSSR count). The molecule has 0 unspecified atom stereocenters. The molecular weight excluding hydrogens is 819 g/mol. The molecule has 0 aliphatic carbocycles. The molecule has 0 radical (unpaired) electrons. The molecule has 0 saturated heterocycles. The van der Waals surface area contributed by atoms with Crippen molar-refractivity contribution in [2.24, 2.45) is 11.8 Å². The van der Waals surface area contributed by atoms with Crippen molar-refractivity contribution in [3.05, 3.63) is 0 Å². The highest BCUT2D eigenvalue weighted by Gasteiger charge is 2.21. The molecule has 3 amide bonds. The van der Waals surface area contributed by atoms with Gasteiger partial charge in [0.1, 0.15) is 19.0 Å². The second-order valence-electron chi connectivity index (χ2n) is 16.0. The summed E-state index contributed by atoms with van der Waals surface area (Å²) in [6.07, 6.45) is 20.8. The van der Waals surface area contributed by atoms with E-state index in [4.69, 9.17) is 30.7 Å². The first kappa shape index (κ1) is 59.5. The minimum atomic E-state index is -1.00. The summed E-state index contributed by atoms with van der Waals surface area (Å²) in [6.45, 7) is 6.87. The van der Waals surface area contributed by atoms with Crippen LogP contribution in [0.1, 0.15) is 176 Å². The Morgan fingerprint density at radius 1 is 0.571 bits per heavy atom. The van der Waals surface area contributed by atoms with E-state index < -0.39 is 29.7 Å². The molecule has 0 aromatic rings. The van der Waals surface area contributed by atoms with Crippen molar-refractivity contribution < 1.29 is 70.8 Å². The normalized spacial score (nSPS) is 12.0. The fourth-order valence-corrected chi connectivity index (χ4v) is 6.29. The first-order chi connectivity index (χ1) is 30.7. The molecule has 0 saturated carbocycles. The van der Waals surface area contributed by atoms with Crippen molar-refractivity contribution in [2.75, 3.05) is 66.4 Å². The number of carboxylic acids is 2. The monoisotopic (exact) mass is 908 g/mol. The van der Waals surface area contributed by atoms with E-state index in [9.17, 15) is 38.7 Å². The van der Waals surface area contributed by atoms with Crippen molar-refractivity contribution >= 4 is 41.2 Å². The van der Waals surface area contributed by atoms with Crippen LogP contribution < -0.4 is 16.1 Å². The number of hydrogen-bond acceptors (Lipinski definition) is 12. The van der Waals surface area contributed by atoms with E-state index in [1.165, 1.54) is 58.4 Å². The number of Topliss-reactive ketones (excluding diaryl/α,β-unsaturated/α-hetero) is 2. The lowest BCUT2D eigenvalue weighted by atomic mass is 9.94. The largest absolute Gasteiger partial charge is 0.481 e. The number of carbonyl (C=O) groups is 7. The molecule has 0 spiro atoms. The van der Waals surface area contributed by atoms with Crippen molar-refractivity contribution in [3.8, 4) is 0 Å². The Morgan fingerprint density at radius 2 is 1.08 bits per heavy atom. The van der Waals surface area contributed by atoms with E-state index in [1.54, 1.807) is 6.92 Å². The first-order valence-corrected chi connectivity index (χ1v) is 23.5. The van der Waals surface area contributed by atoms with Crippen LogP contribution in [0, 0.1) is 11.8 Å². The summed E-state index contributed by atoms with van der Waals surface area (Å²) in [6, 6.07) is 0. The zero-order valence-electron chi connectivity index (χ0n) is 40.0. The van der Waals surface area contributed by atoms with Crippen LogP contribution >= 0.6 is 0 Å². The second-order valence-corrected chi connectivity index (χ2v) is 16.0. The molecule has 0 aromatic heterocycles. The number of hydroxylamine groups is 1. The number of hydrogen-bond donors (Lipinski definition) is 6. The van der Waals surface area contributed by atoms with Crippen molar-refractivity contribution in [3.63, 3.8) is 0 Å². The number of ketones is 2. The topological polar surface area (TPSA) is 253 Å². The molecule has 0 fully saturated rings. The van der Waals surface area contributed by atoms with E-state index >= 15 is 0 Å². The Morgan fingerprint density at radius 3 is 1.60 bits per heavy atom. The minimum Gasteiger partial charge on any atom is -0.481 e. The van der Waals surface area contributed by atoms with Gasteiger partial charge in [0.15, 0.2) is 7.20 Å². The van der Waals surface area contributed by atoms with Gasteiger partial charge in [-0.15, -0.1) is 0 Å². The highest BCUT2D eigenvalue weighted by molar-refractivity contribution is 5.84. The highest BCUT2D eigenvalue weighted by atomic mass is 16.5. The Bertz CT molecular complexity index is 1230. The smallest absolute Gasteiger partial charge is 0.306 e. The quantitative estimate of drug-likeness (QED) is 0.0205. The Kier molecular flexibility index (Phi) is 43.9. The Hall–Kier alpha value is -3.51. The van der Waals surface area contributed by atoms with Gasteiger partial charge in [-0.2, -0.15) is 0 Å². The van der Waals surface area contributed by atoms with Gasteiger partial charge in [0.05, 0.1) is 32.3 Å². The van der Waals surface area contributed by atoms with Gasteiger partial charge < -0.3 is 39.8 Å². The van der Waals surface area contributed by atoms with Gasteiger partial charge in [0.2, 0.25) is 17.7 Å². The fourth-order valence-electron chi connectivity index (χ4n) is 6.29. The number of aliphatic carboxylic acids is 2. The summed E-state index contributed by atoms with van der Waals surface area (Å²) in [5.74, 6) is -3.96. The van der Waals surface area contributed by atoms with Gasteiger partial charge in [-0.25, -0.2) is 5.47 Å². The molecule has 0 aromatic carbocycles. The van der Waals surface area contributed by atoms with Crippen molar-refractivity contribution in [2.45, 2.75) is 174 Å². The van der Waals surface area contributed by atoms with Crippen molar-refractivity contribution in [1.82, 2.24) is 16.1 Å². The molecular formula is C46H87N3O14. The molecule has 370 valence electrons. The van der Waals surface area contributed by atoms with Gasteiger partial charge in [0, 0.05) is 66.3 Å². The maximum Gasteiger partial charge on any atom is 0.306 e. The predicted molar refractivity (Wildman–Crippen MR) is 241 cm³/mol. The third-order valence-corrected chi connectivity index (χ3v) is 10.2. The van der Waals surface area contributed by atoms with Gasteiger partial charge in [-0.3, -0.25) is 38.8 Å². The Labute approximate surface area is 380 Å². The van der Waals surface area contributed by atoms with E-state index in [0.717, 1.165) is 44.9 Å². The fraction of sp³-hybridized carbons (Fsp3) is 0.848. The number of rotatable bonds is 45. The molecule has 0 bridgehead atoms. The number of nitrogens with one attached hydrogen (secondary N) is 3. The third kappa shape index (κ3) is 46.3. The van der Waals surface area contributed by atoms with E-state index in [1.807, 2.05) is 6.92 Å². The van der Waals surface area contributed by atoms with Gasteiger partial charge in [0.25, 0.3) is 0 Å². The molecule has 6 N–H and O–H groups in total. The van der Waals surface area contributed by atoms with Gasteiger partial charge >= 0.3 is 11.9 Å². The van der Waals surface area contributed by atoms with Crippen LogP contribution in [-0.4, -0.2) is 123 Å². The molecule has 17 heteroatoms. The molecule has 0 heterocycles. The SMILES string of the molecule is CNC(=O)CC[C@H](CC(=O)CCCCCCCCCCCCCCCCC(=O)O)C(=O)O.[3H]N(O)C(=O)[C@@H](C)CCCCNC(=O)COCCOCCCC(=O)COCCOCCC.[HH]. The van der Waals surface area contributed by atoms with Gasteiger partial charge in [-0.1, -0.05) is 97.3 Å². The third-order valence-electron chi connectivity index (χ3n) is 10.2. The number of ether oxygens (including phenoxy) is 4. The average molecular weight is 908 g/mol. The van der Waals surface area contributed by atoms with E-state index in [-0.39, 0.29) is 69.4 Å². The molecule has 0 aliphatic rings.